The second-order valence-corrected chi connectivity index (χ2v) is 8.09. The van der Waals surface area contributed by atoms with E-state index in [1.54, 1.807) is 22.8 Å². The molecule has 0 radical (unpaired) electrons. The van der Waals surface area contributed by atoms with Gasteiger partial charge in [0, 0.05) is 24.1 Å². The largest absolute Gasteiger partial charge is 0.478 e. The standard InChI is InChI=1S/C26H23N3O4/c1-17-8-7-12-22-24(17)18(14-27(22)2)15-28-20-10-4-5-11-21(20)29(26(28)32)16-33-23-13-6-3-9-19(23)25(30)31/h3-14H,15-16H2,1-2H3,(H,30,31). The van der Waals surface area contributed by atoms with E-state index in [-0.39, 0.29) is 23.7 Å². The topological polar surface area (TPSA) is 78.4 Å². The third-order valence-corrected chi connectivity index (χ3v) is 6.02. The SMILES string of the molecule is Cc1cccc2c1c(Cn1c(=O)n(COc3ccccc3C(=O)O)c3ccccc31)cn2C. The van der Waals surface area contributed by atoms with Gasteiger partial charge in [0.1, 0.15) is 11.3 Å². The third kappa shape index (κ3) is 3.47. The van der Waals surface area contributed by atoms with E-state index in [9.17, 15) is 14.7 Å². The van der Waals surface area contributed by atoms with E-state index < -0.39 is 5.97 Å². The molecule has 2 aromatic heterocycles. The number of aromatic carboxylic acids is 1. The van der Waals surface area contributed by atoms with Crippen LogP contribution in [-0.4, -0.2) is 24.8 Å². The Balaban J connectivity index is 1.57. The summed E-state index contributed by atoms with van der Waals surface area (Å²) < 4.78 is 11.1. The molecule has 0 amide bonds. The van der Waals surface area contributed by atoms with Crippen molar-refractivity contribution in [3.8, 4) is 5.75 Å². The maximum atomic E-state index is 13.5. The average molecular weight is 441 g/mol. The molecular formula is C26H23N3O4. The second kappa shape index (κ2) is 8.02. The molecule has 1 N–H and O–H groups in total. The van der Waals surface area contributed by atoms with E-state index in [0.29, 0.717) is 6.54 Å². The smallest absolute Gasteiger partial charge is 0.339 e. The fraction of sp³-hybridized carbons (Fsp3) is 0.154. The first-order valence-corrected chi connectivity index (χ1v) is 10.6. The zero-order valence-corrected chi connectivity index (χ0v) is 18.4. The van der Waals surface area contributed by atoms with Gasteiger partial charge in [-0.1, -0.05) is 36.4 Å². The molecule has 0 saturated carbocycles. The van der Waals surface area contributed by atoms with E-state index in [1.807, 2.05) is 37.4 Å². The molecular weight excluding hydrogens is 418 g/mol. The van der Waals surface area contributed by atoms with Crippen molar-refractivity contribution >= 4 is 27.9 Å². The Morgan fingerprint density at radius 1 is 0.909 bits per heavy atom. The predicted molar refractivity (Wildman–Crippen MR) is 127 cm³/mol. The van der Waals surface area contributed by atoms with Gasteiger partial charge in [0.2, 0.25) is 0 Å². The molecule has 7 heteroatoms. The van der Waals surface area contributed by atoms with Crippen molar-refractivity contribution in [3.05, 3.63) is 100 Å². The number of hydrogen-bond acceptors (Lipinski definition) is 3. The van der Waals surface area contributed by atoms with E-state index >= 15 is 0 Å². The van der Waals surface area contributed by atoms with E-state index in [2.05, 4.69) is 29.8 Å². The van der Waals surface area contributed by atoms with Crippen molar-refractivity contribution in [3.63, 3.8) is 0 Å². The Kier molecular flexibility index (Phi) is 5.01. The van der Waals surface area contributed by atoms with Gasteiger partial charge in [-0.3, -0.25) is 9.13 Å². The first-order valence-electron chi connectivity index (χ1n) is 10.6. The number of aromatic nitrogens is 3. The maximum Gasteiger partial charge on any atom is 0.339 e. The van der Waals surface area contributed by atoms with Crippen molar-refractivity contribution in [1.29, 1.82) is 0 Å². The van der Waals surface area contributed by atoms with Gasteiger partial charge in [-0.25, -0.2) is 9.59 Å². The number of fused-ring (bicyclic) bond motifs is 2. The van der Waals surface area contributed by atoms with E-state index in [1.165, 1.54) is 10.6 Å². The number of carboxylic acids is 1. The molecule has 5 aromatic rings. The highest BCUT2D eigenvalue weighted by atomic mass is 16.5. The maximum absolute atomic E-state index is 13.5. The predicted octanol–water partition coefficient (Wildman–Crippen LogP) is 4.39. The van der Waals surface area contributed by atoms with Crippen molar-refractivity contribution in [2.75, 3.05) is 0 Å². The van der Waals surface area contributed by atoms with Gasteiger partial charge >= 0.3 is 11.7 Å². The average Bonchev–Trinajstić information content (AvgIpc) is 3.27. The number of para-hydroxylation sites is 3. The molecule has 5 rings (SSSR count). The van der Waals surface area contributed by atoms with Crippen LogP contribution in [0.4, 0.5) is 0 Å². The molecule has 166 valence electrons. The minimum atomic E-state index is -1.08. The normalized spacial score (nSPS) is 11.3. The Labute approximate surface area is 189 Å². The van der Waals surface area contributed by atoms with Crippen LogP contribution in [0.1, 0.15) is 21.5 Å². The van der Waals surface area contributed by atoms with Crippen molar-refractivity contribution in [2.45, 2.75) is 20.2 Å². The summed E-state index contributed by atoms with van der Waals surface area (Å²) in [6.07, 6.45) is 2.07. The Morgan fingerprint density at radius 3 is 2.33 bits per heavy atom. The summed E-state index contributed by atoms with van der Waals surface area (Å²) in [5, 5.41) is 10.6. The summed E-state index contributed by atoms with van der Waals surface area (Å²) in [5.74, 6) is -0.856. The van der Waals surface area contributed by atoms with Crippen molar-refractivity contribution in [2.24, 2.45) is 7.05 Å². The molecule has 0 aliphatic heterocycles. The molecule has 0 aliphatic rings. The first kappa shape index (κ1) is 20.6. The van der Waals surface area contributed by atoms with Crippen LogP contribution >= 0.6 is 0 Å². The zero-order chi connectivity index (χ0) is 23.1. The quantitative estimate of drug-likeness (QED) is 0.424. The van der Waals surface area contributed by atoms with Crippen molar-refractivity contribution < 1.29 is 14.6 Å². The van der Waals surface area contributed by atoms with Crippen LogP contribution in [0.3, 0.4) is 0 Å². The summed E-state index contributed by atoms with van der Waals surface area (Å²) in [4.78, 5) is 25.0. The molecule has 33 heavy (non-hydrogen) atoms. The van der Waals surface area contributed by atoms with Crippen LogP contribution in [0.2, 0.25) is 0 Å². The zero-order valence-electron chi connectivity index (χ0n) is 18.4. The number of carbonyl (C=O) groups is 1. The van der Waals surface area contributed by atoms with Crippen molar-refractivity contribution in [1.82, 2.24) is 13.7 Å². The van der Waals surface area contributed by atoms with Gasteiger partial charge < -0.3 is 14.4 Å². The van der Waals surface area contributed by atoms with Gasteiger partial charge in [0.25, 0.3) is 0 Å². The molecule has 7 nitrogen and oxygen atoms in total. The number of hydrogen-bond donors (Lipinski definition) is 1. The molecule has 0 spiro atoms. The number of imidazole rings is 1. The van der Waals surface area contributed by atoms with E-state index in [0.717, 1.165) is 33.1 Å². The molecule has 0 atom stereocenters. The second-order valence-electron chi connectivity index (χ2n) is 8.09. The van der Waals surface area contributed by atoms with Gasteiger partial charge in [-0.15, -0.1) is 0 Å². The lowest BCUT2D eigenvalue weighted by Crippen LogP contribution is -2.26. The number of ether oxygens (including phenoxy) is 1. The number of carboxylic acid groups (broad SMARTS) is 1. The number of nitrogens with zero attached hydrogens (tertiary/aromatic N) is 3. The summed E-state index contributed by atoms with van der Waals surface area (Å²) in [5.41, 5.74) is 4.71. The first-order chi connectivity index (χ1) is 16.0. The Morgan fingerprint density at radius 2 is 1.58 bits per heavy atom. The number of rotatable bonds is 6. The molecule has 0 saturated heterocycles. The van der Waals surface area contributed by atoms with E-state index in [4.69, 9.17) is 4.74 Å². The summed E-state index contributed by atoms with van der Waals surface area (Å²) >= 11 is 0. The molecule has 2 heterocycles. The number of aryl methyl sites for hydroxylation is 2. The lowest BCUT2D eigenvalue weighted by Gasteiger charge is -2.09. The van der Waals surface area contributed by atoms with Crippen LogP contribution in [-0.2, 0) is 20.3 Å². The minimum Gasteiger partial charge on any atom is -0.478 e. The highest BCUT2D eigenvalue weighted by molar-refractivity contribution is 5.90. The van der Waals surface area contributed by atoms with Gasteiger partial charge in [0.05, 0.1) is 17.6 Å². The van der Waals surface area contributed by atoms with Crippen LogP contribution < -0.4 is 10.4 Å². The monoisotopic (exact) mass is 441 g/mol. The summed E-state index contributed by atoms with van der Waals surface area (Å²) in [6, 6.07) is 20.2. The van der Waals surface area contributed by atoms with Gasteiger partial charge in [-0.05, 0) is 48.4 Å². The summed E-state index contributed by atoms with van der Waals surface area (Å²) in [6.45, 7) is 2.40. The molecule has 3 aromatic carbocycles. The fourth-order valence-corrected chi connectivity index (χ4v) is 4.48. The van der Waals surface area contributed by atoms with Crippen LogP contribution in [0.15, 0.2) is 77.7 Å². The highest BCUT2D eigenvalue weighted by Gasteiger charge is 2.17. The third-order valence-electron chi connectivity index (χ3n) is 6.02. The lowest BCUT2D eigenvalue weighted by molar-refractivity contribution is 0.0690. The molecule has 0 fully saturated rings. The number of benzene rings is 3. The lowest BCUT2D eigenvalue weighted by atomic mass is 10.1. The molecule has 0 unspecified atom stereocenters. The van der Waals surface area contributed by atoms with Crippen LogP contribution in [0, 0.1) is 6.92 Å². The Bertz CT molecular complexity index is 1570. The van der Waals surface area contributed by atoms with Crippen LogP contribution in [0.25, 0.3) is 21.9 Å². The highest BCUT2D eigenvalue weighted by Crippen LogP contribution is 2.26. The van der Waals surface area contributed by atoms with Gasteiger partial charge in [-0.2, -0.15) is 0 Å². The minimum absolute atomic E-state index is 0.0560. The molecule has 0 aliphatic carbocycles. The fourth-order valence-electron chi connectivity index (χ4n) is 4.48. The summed E-state index contributed by atoms with van der Waals surface area (Å²) in [7, 11) is 2.01. The van der Waals surface area contributed by atoms with Gasteiger partial charge in [0.15, 0.2) is 6.73 Å². The Hall–Kier alpha value is -4.26. The molecule has 0 bridgehead atoms. The van der Waals surface area contributed by atoms with Crippen LogP contribution in [0.5, 0.6) is 5.75 Å².